The van der Waals surface area contributed by atoms with Crippen LogP contribution < -0.4 is 15.9 Å². The average Bonchev–Trinajstić information content (AvgIpc) is 3.81. The first-order valence-corrected chi connectivity index (χ1v) is 14.7. The van der Waals surface area contributed by atoms with Gasteiger partial charge in [-0.15, -0.1) is 0 Å². The number of H-pyrrole nitrogens is 2. The number of hydrogen-bond acceptors (Lipinski definition) is 4. The number of anilines is 1. The zero-order valence-corrected chi connectivity index (χ0v) is 25.8. The van der Waals surface area contributed by atoms with Crippen LogP contribution in [0.2, 0.25) is 0 Å². The van der Waals surface area contributed by atoms with Crippen molar-refractivity contribution >= 4 is 28.7 Å². The Hall–Kier alpha value is -5.30. The average molecular weight is 587 g/mol. The van der Waals surface area contributed by atoms with Crippen molar-refractivity contribution in [2.45, 2.75) is 40.5 Å². The van der Waals surface area contributed by atoms with Gasteiger partial charge >= 0.3 is 0 Å². The van der Waals surface area contributed by atoms with Gasteiger partial charge in [-0.25, -0.2) is 9.37 Å². The zero-order chi connectivity index (χ0) is 31.6. The molecular weight excluding hydrogens is 547 g/mol. The number of halogens is 1. The maximum absolute atomic E-state index is 16.3. The van der Waals surface area contributed by atoms with E-state index in [1.165, 1.54) is 0 Å². The molecule has 0 spiro atoms. The van der Waals surface area contributed by atoms with Crippen molar-refractivity contribution in [3.05, 3.63) is 143 Å². The molecule has 0 aliphatic heterocycles. The minimum absolute atomic E-state index is 0.183. The lowest BCUT2D eigenvalue weighted by atomic mass is 10.0. The normalized spacial score (nSPS) is 13.6. The van der Waals surface area contributed by atoms with Gasteiger partial charge in [-0.05, 0) is 37.5 Å². The van der Waals surface area contributed by atoms with Crippen LogP contribution in [0.5, 0.6) is 0 Å². The van der Waals surface area contributed by atoms with Gasteiger partial charge in [-0.2, -0.15) is 5.10 Å². The second-order valence-corrected chi connectivity index (χ2v) is 9.97. The summed E-state index contributed by atoms with van der Waals surface area (Å²) in [6.45, 7) is 19.9. The fraction of sp³-hybridized carbons (Fsp3) is 0.162. The molecule has 5 rings (SSSR count). The molecule has 6 nitrogen and oxygen atoms in total. The third kappa shape index (κ3) is 7.01. The molecule has 44 heavy (non-hydrogen) atoms. The lowest BCUT2D eigenvalue weighted by molar-refractivity contribution is 0.764. The summed E-state index contributed by atoms with van der Waals surface area (Å²) in [5.41, 5.74) is 7.32. The maximum atomic E-state index is 16.3. The van der Waals surface area contributed by atoms with Crippen LogP contribution in [0.15, 0.2) is 110 Å². The predicted molar refractivity (Wildman–Crippen MR) is 182 cm³/mol. The summed E-state index contributed by atoms with van der Waals surface area (Å²) in [7, 11) is 0. The molecule has 0 radical (unpaired) electrons. The Labute approximate surface area is 258 Å². The van der Waals surface area contributed by atoms with Crippen LogP contribution in [0, 0.1) is 6.92 Å². The number of allylic oxidation sites excluding steroid dienone is 9. The minimum atomic E-state index is -0.521. The van der Waals surface area contributed by atoms with Gasteiger partial charge < -0.3 is 10.3 Å². The number of hydrogen-bond donors (Lipinski definition) is 3. The van der Waals surface area contributed by atoms with E-state index in [0.29, 0.717) is 34.5 Å². The van der Waals surface area contributed by atoms with Crippen molar-refractivity contribution < 1.29 is 4.39 Å². The van der Waals surface area contributed by atoms with Crippen molar-refractivity contribution in [1.82, 2.24) is 25.1 Å². The SMILES string of the molecule is C=C/C=C(/C1=CCC=C1)c1nc(-c2n[nH]c(=C/C)/c2=C(/F)C(=C)c2cncc(NC(=C)Cc3ccccc3)c2)[nH]c1C.CC. The smallest absolute Gasteiger partial charge is 0.159 e. The molecule has 3 N–H and O–H groups in total. The Bertz CT molecular complexity index is 1880. The summed E-state index contributed by atoms with van der Waals surface area (Å²) in [5, 5.41) is 11.5. The fourth-order valence-electron chi connectivity index (χ4n) is 4.92. The first-order valence-electron chi connectivity index (χ1n) is 14.7. The molecule has 0 amide bonds. The molecule has 0 unspecified atom stereocenters. The van der Waals surface area contributed by atoms with E-state index in [1.54, 1.807) is 24.5 Å². The second kappa shape index (κ2) is 14.7. The highest BCUT2D eigenvalue weighted by atomic mass is 19.1. The van der Waals surface area contributed by atoms with Gasteiger partial charge in [0.05, 0.1) is 28.1 Å². The number of nitrogens with zero attached hydrogens (tertiary/aromatic N) is 3. The Morgan fingerprint density at radius 2 is 1.91 bits per heavy atom. The Morgan fingerprint density at radius 3 is 2.59 bits per heavy atom. The molecule has 0 fully saturated rings. The third-order valence-corrected chi connectivity index (χ3v) is 6.97. The molecule has 0 saturated carbocycles. The van der Waals surface area contributed by atoms with E-state index < -0.39 is 5.83 Å². The summed E-state index contributed by atoms with van der Waals surface area (Å²) in [6, 6.07) is 11.9. The highest BCUT2D eigenvalue weighted by molar-refractivity contribution is 5.94. The number of nitrogens with one attached hydrogen (secondary N) is 3. The topological polar surface area (TPSA) is 82.3 Å². The van der Waals surface area contributed by atoms with E-state index in [2.05, 4.69) is 63.4 Å². The number of aryl methyl sites for hydroxylation is 1. The zero-order valence-electron chi connectivity index (χ0n) is 25.8. The Kier molecular flexibility index (Phi) is 10.6. The van der Waals surface area contributed by atoms with E-state index in [1.807, 2.05) is 70.2 Å². The minimum Gasteiger partial charge on any atom is -0.358 e. The number of imidazole rings is 1. The van der Waals surface area contributed by atoms with Crippen molar-refractivity contribution in [3.63, 3.8) is 0 Å². The summed E-state index contributed by atoms with van der Waals surface area (Å²) >= 11 is 0. The van der Waals surface area contributed by atoms with Crippen molar-refractivity contribution in [3.8, 4) is 11.5 Å². The van der Waals surface area contributed by atoms with Gasteiger partial charge in [-0.1, -0.05) is 100 Å². The molecular formula is C37H39FN6. The third-order valence-electron chi connectivity index (χ3n) is 6.97. The van der Waals surface area contributed by atoms with Crippen molar-refractivity contribution in [2.24, 2.45) is 0 Å². The first kappa shape index (κ1) is 31.6. The van der Waals surface area contributed by atoms with E-state index in [0.717, 1.165) is 40.2 Å². The molecule has 3 aromatic heterocycles. The number of rotatable bonds is 10. The van der Waals surface area contributed by atoms with Gasteiger partial charge in [0.2, 0.25) is 0 Å². The second-order valence-electron chi connectivity index (χ2n) is 9.97. The number of aromatic nitrogens is 5. The molecule has 3 heterocycles. The van der Waals surface area contributed by atoms with E-state index in [4.69, 9.17) is 4.98 Å². The largest absolute Gasteiger partial charge is 0.358 e. The van der Waals surface area contributed by atoms with Gasteiger partial charge in [0, 0.05) is 40.7 Å². The van der Waals surface area contributed by atoms with Crippen LogP contribution in [0.3, 0.4) is 0 Å². The number of pyridine rings is 1. The summed E-state index contributed by atoms with van der Waals surface area (Å²) < 4.78 is 16.3. The molecule has 0 saturated heterocycles. The van der Waals surface area contributed by atoms with Crippen LogP contribution in [0.25, 0.3) is 34.6 Å². The highest BCUT2D eigenvalue weighted by Crippen LogP contribution is 2.30. The molecule has 1 aliphatic rings. The molecule has 0 atom stereocenters. The maximum Gasteiger partial charge on any atom is 0.159 e. The lowest BCUT2D eigenvalue weighted by Crippen LogP contribution is -2.26. The molecule has 7 heteroatoms. The highest BCUT2D eigenvalue weighted by Gasteiger charge is 2.20. The Morgan fingerprint density at radius 1 is 1.14 bits per heavy atom. The Balaban J connectivity index is 0.00000216. The molecule has 0 bridgehead atoms. The molecule has 1 aromatic carbocycles. The van der Waals surface area contributed by atoms with Gasteiger partial charge in [0.25, 0.3) is 0 Å². The quantitative estimate of drug-likeness (QED) is 0.166. The number of benzene rings is 1. The summed E-state index contributed by atoms with van der Waals surface area (Å²) in [5.74, 6) is -0.0686. The fourth-order valence-corrected chi connectivity index (χ4v) is 4.92. The molecule has 224 valence electrons. The number of aromatic amines is 2. The predicted octanol–water partition coefficient (Wildman–Crippen LogP) is 7.74. The summed E-state index contributed by atoms with van der Waals surface area (Å²) in [4.78, 5) is 12.5. The van der Waals surface area contributed by atoms with Crippen molar-refractivity contribution in [2.75, 3.05) is 5.32 Å². The van der Waals surface area contributed by atoms with Crippen LogP contribution >= 0.6 is 0 Å². The molecule has 1 aliphatic carbocycles. The van der Waals surface area contributed by atoms with E-state index in [9.17, 15) is 0 Å². The van der Waals surface area contributed by atoms with Crippen LogP contribution in [-0.4, -0.2) is 25.1 Å². The lowest BCUT2D eigenvalue weighted by Gasteiger charge is -2.11. The standard InChI is InChI=1S/C35H33FN6.C2H6/c1-6-13-29(26-16-11-12-17-26)33-24(5)39-35(40-33)34-31(30(7-2)41-42-34)32(36)23(4)27-19-28(21-37-20-27)38-22(3)18-25-14-9-8-10-15-25;1-2/h6-11,13-17,19-21,38,41H,1,3-4,12,18H2,2,5H3,(H,39,40);1-2H3/b29-13-,30-7+,32-31-;. The van der Waals surface area contributed by atoms with Crippen molar-refractivity contribution in [1.29, 1.82) is 0 Å². The summed E-state index contributed by atoms with van der Waals surface area (Å²) in [6.07, 6.45) is 16.5. The first-order chi connectivity index (χ1) is 21.4. The van der Waals surface area contributed by atoms with Crippen LogP contribution in [0.4, 0.5) is 10.1 Å². The van der Waals surface area contributed by atoms with Crippen LogP contribution in [0.1, 0.15) is 49.7 Å². The van der Waals surface area contributed by atoms with Gasteiger partial charge in [0.15, 0.2) is 5.82 Å². The van der Waals surface area contributed by atoms with Crippen LogP contribution in [-0.2, 0) is 6.42 Å². The van der Waals surface area contributed by atoms with Gasteiger partial charge in [-0.3, -0.25) is 10.1 Å². The van der Waals surface area contributed by atoms with E-state index >= 15 is 4.39 Å². The molecule has 4 aromatic rings. The van der Waals surface area contributed by atoms with E-state index in [-0.39, 0.29) is 10.8 Å². The van der Waals surface area contributed by atoms with Gasteiger partial charge in [0.1, 0.15) is 11.5 Å². The monoisotopic (exact) mass is 586 g/mol.